The monoisotopic (exact) mass is 628 g/mol. The fourth-order valence-corrected chi connectivity index (χ4v) is 5.76. The van der Waals surface area contributed by atoms with Gasteiger partial charge in [0.15, 0.2) is 23.0 Å². The van der Waals surface area contributed by atoms with Gasteiger partial charge in [-0.25, -0.2) is 0 Å². The van der Waals surface area contributed by atoms with Gasteiger partial charge in [0.1, 0.15) is 0 Å². The number of phenols is 4. The lowest BCUT2D eigenvalue weighted by Crippen LogP contribution is -2.32. The predicted molar refractivity (Wildman–Crippen MR) is 155 cm³/mol. The van der Waals surface area contributed by atoms with Crippen molar-refractivity contribution in [3.05, 3.63) is 47.5 Å². The lowest BCUT2D eigenvalue weighted by molar-refractivity contribution is 0.236. The summed E-state index contributed by atoms with van der Waals surface area (Å²) in [5.74, 6) is -0.147. The van der Waals surface area contributed by atoms with Crippen LogP contribution in [0.3, 0.4) is 0 Å². The van der Waals surface area contributed by atoms with E-state index in [4.69, 9.17) is 0 Å². The van der Waals surface area contributed by atoms with Gasteiger partial charge in [-0.15, -0.1) is 34.0 Å². The Kier molecular flexibility index (Phi) is 12.9. The zero-order valence-electron chi connectivity index (χ0n) is 21.0. The van der Waals surface area contributed by atoms with Gasteiger partial charge >= 0.3 is 0 Å². The summed E-state index contributed by atoms with van der Waals surface area (Å²) in [6.45, 7) is 4.62. The zero-order valence-corrected chi connectivity index (χ0v) is 24.4. The van der Waals surface area contributed by atoms with Gasteiger partial charge in [0.2, 0.25) is 0 Å². The summed E-state index contributed by atoms with van der Waals surface area (Å²) in [6.07, 6.45) is 11.7. The summed E-state index contributed by atoms with van der Waals surface area (Å²) in [7, 11) is 0. The average molecular weight is 630 g/mol. The Balaban J connectivity index is 0.00000228. The molecule has 4 rings (SSSR count). The quantitative estimate of drug-likeness (QED) is 0.182. The maximum absolute atomic E-state index is 9.77. The summed E-state index contributed by atoms with van der Waals surface area (Å²) in [5.41, 5.74) is 2.18. The van der Waals surface area contributed by atoms with E-state index in [9.17, 15) is 20.4 Å². The number of rotatable bonds is 11. The van der Waals surface area contributed by atoms with Crippen LogP contribution in [-0.4, -0.2) is 68.5 Å². The van der Waals surface area contributed by atoms with Crippen LogP contribution in [0.5, 0.6) is 23.0 Å². The third kappa shape index (κ3) is 8.54. The molecule has 0 radical (unpaired) electrons. The summed E-state index contributed by atoms with van der Waals surface area (Å²) in [5, 5.41) is 38.6. The Labute approximate surface area is 236 Å². The van der Waals surface area contributed by atoms with E-state index in [1.165, 1.54) is 51.4 Å². The van der Waals surface area contributed by atoms with Crippen LogP contribution >= 0.6 is 34.0 Å². The van der Waals surface area contributed by atoms with E-state index in [2.05, 4.69) is 9.80 Å². The van der Waals surface area contributed by atoms with Gasteiger partial charge in [0.05, 0.1) is 0 Å². The molecule has 0 aliphatic carbocycles. The number of benzene rings is 2. The van der Waals surface area contributed by atoms with Crippen molar-refractivity contribution in [1.29, 1.82) is 0 Å². The van der Waals surface area contributed by atoms with Crippen molar-refractivity contribution in [2.45, 2.75) is 76.3 Å². The van der Waals surface area contributed by atoms with Crippen molar-refractivity contribution in [3.8, 4) is 23.0 Å². The van der Waals surface area contributed by atoms with Crippen LogP contribution in [0, 0.1) is 0 Å². The summed E-state index contributed by atoms with van der Waals surface area (Å²) < 4.78 is 0. The molecule has 0 amide bonds. The highest BCUT2D eigenvalue weighted by Crippen LogP contribution is 2.29. The minimum atomic E-state index is -0.0491. The van der Waals surface area contributed by atoms with Crippen LogP contribution in [0.2, 0.25) is 0 Å². The van der Waals surface area contributed by atoms with Crippen LogP contribution < -0.4 is 0 Å². The van der Waals surface area contributed by atoms with Crippen LogP contribution in [0.4, 0.5) is 0 Å². The number of nitrogens with zero attached hydrogens (tertiary/aromatic N) is 2. The topological polar surface area (TPSA) is 87.4 Å². The standard InChI is InChI=1S/C28H40N2O4.2BrH/c31-25-11-9-21(19-27(25)33)17-23-7-5-15-29(23)13-3-1-2-4-14-30-16-6-8-24(30)18-22-10-12-26(32)28(34)20-22;;/h9-12,19-20,23-24,31-34H,1-8,13-18H2;2*1H. The third-order valence-corrected chi connectivity index (χ3v) is 7.66. The van der Waals surface area contributed by atoms with Crippen molar-refractivity contribution < 1.29 is 20.4 Å². The Morgan fingerprint density at radius 1 is 0.583 bits per heavy atom. The molecule has 2 aromatic carbocycles. The first kappa shape index (κ1) is 30.7. The molecular weight excluding hydrogens is 588 g/mol. The summed E-state index contributed by atoms with van der Waals surface area (Å²) >= 11 is 0. The molecule has 0 bridgehead atoms. The maximum atomic E-state index is 9.77. The van der Waals surface area contributed by atoms with Crippen LogP contribution in [-0.2, 0) is 12.8 Å². The second-order valence-corrected chi connectivity index (χ2v) is 10.1. The van der Waals surface area contributed by atoms with Gasteiger partial charge < -0.3 is 30.2 Å². The summed E-state index contributed by atoms with van der Waals surface area (Å²) in [4.78, 5) is 5.21. The zero-order chi connectivity index (χ0) is 23.9. The minimum absolute atomic E-state index is 0. The minimum Gasteiger partial charge on any atom is -0.504 e. The van der Waals surface area contributed by atoms with Crippen molar-refractivity contribution in [2.75, 3.05) is 26.2 Å². The Morgan fingerprint density at radius 3 is 1.39 bits per heavy atom. The molecule has 0 spiro atoms. The number of halogens is 2. The van der Waals surface area contributed by atoms with Crippen molar-refractivity contribution >= 4 is 34.0 Å². The van der Waals surface area contributed by atoms with Gasteiger partial charge in [-0.2, -0.15) is 0 Å². The Hall–Kier alpha value is -1.48. The fourth-order valence-electron chi connectivity index (χ4n) is 5.76. The number of hydrogen-bond acceptors (Lipinski definition) is 6. The molecule has 2 atom stereocenters. The highest BCUT2D eigenvalue weighted by atomic mass is 79.9. The molecule has 2 saturated heterocycles. The van der Waals surface area contributed by atoms with E-state index in [-0.39, 0.29) is 57.0 Å². The van der Waals surface area contributed by atoms with Gasteiger partial charge in [0.25, 0.3) is 0 Å². The Morgan fingerprint density at radius 2 is 1.00 bits per heavy atom. The van der Waals surface area contributed by atoms with Gasteiger partial charge in [-0.1, -0.05) is 25.0 Å². The molecule has 2 heterocycles. The summed E-state index contributed by atoms with van der Waals surface area (Å²) in [6, 6.07) is 11.5. The molecule has 2 fully saturated rings. The van der Waals surface area contributed by atoms with Crippen LogP contribution in [0.25, 0.3) is 0 Å². The molecule has 2 aliphatic rings. The average Bonchev–Trinajstić information content (AvgIpc) is 3.45. The second-order valence-electron chi connectivity index (χ2n) is 10.1. The number of unbranched alkanes of at least 4 members (excludes halogenated alkanes) is 3. The van der Waals surface area contributed by atoms with Crippen molar-refractivity contribution in [2.24, 2.45) is 0 Å². The van der Waals surface area contributed by atoms with E-state index in [0.29, 0.717) is 12.1 Å². The smallest absolute Gasteiger partial charge is 0.157 e. The van der Waals surface area contributed by atoms with Crippen LogP contribution in [0.15, 0.2) is 36.4 Å². The largest absolute Gasteiger partial charge is 0.504 e. The number of likely N-dealkylation sites (tertiary alicyclic amines) is 2. The third-order valence-electron chi connectivity index (χ3n) is 7.66. The molecule has 6 nitrogen and oxygen atoms in total. The normalized spacial score (nSPS) is 20.2. The number of hydrogen-bond donors (Lipinski definition) is 4. The number of aromatic hydroxyl groups is 4. The molecule has 36 heavy (non-hydrogen) atoms. The second kappa shape index (κ2) is 15.1. The molecule has 8 heteroatoms. The molecule has 0 aromatic heterocycles. The molecule has 4 N–H and O–H groups in total. The van der Waals surface area contributed by atoms with E-state index < -0.39 is 0 Å². The van der Waals surface area contributed by atoms with Crippen LogP contribution in [0.1, 0.15) is 62.5 Å². The number of phenolic OH excluding ortho intramolecular Hbond substituents is 4. The first-order chi connectivity index (χ1) is 16.5. The molecular formula is C28H42Br2N2O4. The van der Waals surface area contributed by atoms with Gasteiger partial charge in [-0.05, 0) is 113 Å². The fraction of sp³-hybridized carbons (Fsp3) is 0.571. The van der Waals surface area contributed by atoms with E-state index >= 15 is 0 Å². The lowest BCUT2D eigenvalue weighted by Gasteiger charge is -2.25. The molecule has 202 valence electrons. The van der Waals surface area contributed by atoms with E-state index in [1.807, 2.05) is 12.1 Å². The highest BCUT2D eigenvalue weighted by Gasteiger charge is 2.25. The van der Waals surface area contributed by atoms with E-state index in [0.717, 1.165) is 50.1 Å². The molecule has 0 saturated carbocycles. The van der Waals surface area contributed by atoms with Gasteiger partial charge in [-0.3, -0.25) is 0 Å². The SMILES string of the molecule is Br.Br.Oc1ccc(CC2CCCN2CCCCCCN2CCCC2Cc2ccc(O)c(O)c2)cc1O. The predicted octanol–water partition coefficient (Wildman–Crippen LogP) is 5.94. The van der Waals surface area contributed by atoms with E-state index in [1.54, 1.807) is 24.3 Å². The maximum Gasteiger partial charge on any atom is 0.157 e. The molecule has 2 unspecified atom stereocenters. The molecule has 2 aromatic rings. The van der Waals surface area contributed by atoms with Crippen molar-refractivity contribution in [1.82, 2.24) is 9.80 Å². The highest BCUT2D eigenvalue weighted by molar-refractivity contribution is 8.93. The first-order valence-corrected chi connectivity index (χ1v) is 13.0. The first-order valence-electron chi connectivity index (χ1n) is 13.0. The molecule has 2 aliphatic heterocycles. The Bertz CT molecular complexity index is 870. The lowest BCUT2D eigenvalue weighted by atomic mass is 10.0. The van der Waals surface area contributed by atoms with Gasteiger partial charge in [0, 0.05) is 12.1 Å². The van der Waals surface area contributed by atoms with Crippen molar-refractivity contribution in [3.63, 3.8) is 0 Å².